The van der Waals surface area contributed by atoms with Gasteiger partial charge in [0.15, 0.2) is 9.84 Å². The molecule has 0 unspecified atom stereocenters. The molecular formula is C19H23N3O3S. The normalized spacial score (nSPS) is 14.4. The topological polar surface area (TPSA) is 79.4 Å². The highest BCUT2D eigenvalue weighted by molar-refractivity contribution is 7.89. The minimum absolute atomic E-state index is 0.0239. The van der Waals surface area contributed by atoms with Crippen molar-refractivity contribution in [3.05, 3.63) is 59.3 Å². The number of hydrogen-bond acceptors (Lipinski definition) is 5. The molecule has 0 saturated carbocycles. The van der Waals surface area contributed by atoms with Gasteiger partial charge in [-0.3, -0.25) is 4.79 Å². The zero-order valence-electron chi connectivity index (χ0n) is 14.8. The van der Waals surface area contributed by atoms with Crippen LogP contribution in [-0.4, -0.2) is 38.7 Å². The third-order valence-electron chi connectivity index (χ3n) is 4.34. The van der Waals surface area contributed by atoms with E-state index in [1.807, 2.05) is 12.1 Å². The molecule has 0 bridgehead atoms. The van der Waals surface area contributed by atoms with E-state index >= 15 is 0 Å². The van der Waals surface area contributed by atoms with E-state index in [1.165, 1.54) is 19.1 Å². The fourth-order valence-corrected chi connectivity index (χ4v) is 3.79. The average molecular weight is 373 g/mol. The van der Waals surface area contributed by atoms with Crippen molar-refractivity contribution in [2.24, 2.45) is 0 Å². The maximum atomic E-state index is 12.2. The first kappa shape index (κ1) is 18.4. The Bertz CT molecular complexity index is 856. The summed E-state index contributed by atoms with van der Waals surface area (Å²) in [6, 6.07) is 10.6. The maximum Gasteiger partial charge on any atom is 0.251 e. The second kappa shape index (κ2) is 7.86. The number of nitrogens with zero attached hydrogens (tertiary/aromatic N) is 2. The minimum atomic E-state index is -3.08. The van der Waals surface area contributed by atoms with Gasteiger partial charge in [-0.1, -0.05) is 18.2 Å². The van der Waals surface area contributed by atoms with Gasteiger partial charge in [0.2, 0.25) is 0 Å². The zero-order chi connectivity index (χ0) is 18.6. The summed E-state index contributed by atoms with van der Waals surface area (Å²) in [6.45, 7) is 2.51. The first-order valence-electron chi connectivity index (χ1n) is 8.65. The zero-order valence-corrected chi connectivity index (χ0v) is 15.6. The quantitative estimate of drug-likeness (QED) is 0.839. The van der Waals surface area contributed by atoms with E-state index in [2.05, 4.69) is 15.2 Å². The number of rotatable bonds is 6. The van der Waals surface area contributed by atoms with Gasteiger partial charge in [-0.05, 0) is 42.2 Å². The highest BCUT2D eigenvalue weighted by Crippen LogP contribution is 2.17. The van der Waals surface area contributed by atoms with Crippen LogP contribution in [0.2, 0.25) is 0 Å². The number of benzene rings is 1. The van der Waals surface area contributed by atoms with Crippen molar-refractivity contribution in [1.29, 1.82) is 0 Å². The predicted octanol–water partition coefficient (Wildman–Crippen LogP) is 2.16. The van der Waals surface area contributed by atoms with Gasteiger partial charge in [0.05, 0.1) is 5.75 Å². The van der Waals surface area contributed by atoms with Gasteiger partial charge < -0.3 is 10.2 Å². The second-order valence-corrected chi connectivity index (χ2v) is 8.81. The molecule has 0 spiro atoms. The molecule has 0 atom stereocenters. The maximum absolute atomic E-state index is 12.2. The minimum Gasteiger partial charge on any atom is -0.357 e. The van der Waals surface area contributed by atoms with Crippen molar-refractivity contribution >= 4 is 21.6 Å². The van der Waals surface area contributed by atoms with Crippen LogP contribution in [0.4, 0.5) is 5.82 Å². The fourth-order valence-electron chi connectivity index (χ4n) is 2.99. The SMILES string of the molecule is CS(=O)(=O)Cc1ccc(C(=O)NCc2ccc(N3CCCC3)nc2)cc1. The van der Waals surface area contributed by atoms with E-state index in [0.29, 0.717) is 17.7 Å². The summed E-state index contributed by atoms with van der Waals surface area (Å²) in [5.41, 5.74) is 2.12. The van der Waals surface area contributed by atoms with Crippen LogP contribution >= 0.6 is 0 Å². The van der Waals surface area contributed by atoms with Crippen LogP contribution in [0, 0.1) is 0 Å². The Morgan fingerprint density at radius 3 is 2.31 bits per heavy atom. The lowest BCUT2D eigenvalue weighted by Gasteiger charge is -2.16. The van der Waals surface area contributed by atoms with Crippen molar-refractivity contribution in [3.8, 4) is 0 Å². The Kier molecular flexibility index (Phi) is 5.56. The molecule has 1 aliphatic heterocycles. The van der Waals surface area contributed by atoms with E-state index in [-0.39, 0.29) is 11.7 Å². The number of nitrogens with one attached hydrogen (secondary N) is 1. The number of carbonyl (C=O) groups excluding carboxylic acids is 1. The smallest absolute Gasteiger partial charge is 0.251 e. The first-order valence-corrected chi connectivity index (χ1v) is 10.7. The van der Waals surface area contributed by atoms with Crippen LogP contribution in [0.3, 0.4) is 0 Å². The van der Waals surface area contributed by atoms with Gasteiger partial charge in [-0.25, -0.2) is 13.4 Å². The van der Waals surface area contributed by atoms with E-state index in [0.717, 1.165) is 24.5 Å². The Labute approximate surface area is 154 Å². The monoisotopic (exact) mass is 373 g/mol. The average Bonchev–Trinajstić information content (AvgIpc) is 3.14. The van der Waals surface area contributed by atoms with Crippen LogP contribution in [0.25, 0.3) is 0 Å². The number of aromatic nitrogens is 1. The van der Waals surface area contributed by atoms with Crippen molar-refractivity contribution in [3.63, 3.8) is 0 Å². The lowest BCUT2D eigenvalue weighted by atomic mass is 10.1. The molecule has 2 aromatic rings. The summed E-state index contributed by atoms with van der Waals surface area (Å²) in [5, 5.41) is 2.86. The Morgan fingerprint density at radius 2 is 1.73 bits per heavy atom. The molecule has 1 amide bonds. The molecule has 0 aliphatic carbocycles. The van der Waals surface area contributed by atoms with Crippen LogP contribution in [0.1, 0.15) is 34.3 Å². The molecule has 26 heavy (non-hydrogen) atoms. The number of pyridine rings is 1. The lowest BCUT2D eigenvalue weighted by Crippen LogP contribution is -2.23. The molecule has 0 radical (unpaired) electrons. The van der Waals surface area contributed by atoms with Gasteiger partial charge in [-0.2, -0.15) is 0 Å². The predicted molar refractivity (Wildman–Crippen MR) is 102 cm³/mol. The Morgan fingerprint density at radius 1 is 1.08 bits per heavy atom. The highest BCUT2D eigenvalue weighted by atomic mass is 32.2. The van der Waals surface area contributed by atoms with Crippen LogP contribution in [0.5, 0.6) is 0 Å². The Hall–Kier alpha value is -2.41. The van der Waals surface area contributed by atoms with Crippen LogP contribution in [-0.2, 0) is 22.1 Å². The molecule has 1 fully saturated rings. The van der Waals surface area contributed by atoms with Crippen LogP contribution < -0.4 is 10.2 Å². The first-order chi connectivity index (χ1) is 12.4. The van der Waals surface area contributed by atoms with E-state index < -0.39 is 9.84 Å². The van der Waals surface area contributed by atoms with Crippen LogP contribution in [0.15, 0.2) is 42.6 Å². The van der Waals surface area contributed by atoms with Crippen molar-refractivity contribution in [2.45, 2.75) is 25.1 Å². The molecule has 1 N–H and O–H groups in total. The van der Waals surface area contributed by atoms with Crippen molar-refractivity contribution < 1.29 is 13.2 Å². The molecule has 6 nitrogen and oxygen atoms in total. The standard InChI is InChI=1S/C19H23N3O3S/c1-26(24,25)14-15-4-7-17(8-5-15)19(23)21-13-16-6-9-18(20-12-16)22-10-2-3-11-22/h4-9,12H,2-3,10-11,13-14H2,1H3,(H,21,23). The third kappa shape index (κ3) is 5.05. The van der Waals surface area contributed by atoms with Crippen molar-refractivity contribution in [1.82, 2.24) is 10.3 Å². The van der Waals surface area contributed by atoms with E-state index in [1.54, 1.807) is 30.5 Å². The molecule has 138 valence electrons. The third-order valence-corrected chi connectivity index (χ3v) is 5.19. The fraction of sp³-hybridized carbons (Fsp3) is 0.368. The largest absolute Gasteiger partial charge is 0.357 e. The highest BCUT2D eigenvalue weighted by Gasteiger charge is 2.13. The molecule has 2 heterocycles. The van der Waals surface area contributed by atoms with Crippen molar-refractivity contribution in [2.75, 3.05) is 24.2 Å². The summed E-state index contributed by atoms with van der Waals surface area (Å²) < 4.78 is 22.6. The summed E-state index contributed by atoms with van der Waals surface area (Å²) in [4.78, 5) is 19.0. The number of anilines is 1. The lowest BCUT2D eigenvalue weighted by molar-refractivity contribution is 0.0951. The molecule has 1 aromatic carbocycles. The summed E-state index contributed by atoms with van der Waals surface area (Å²) in [6.07, 6.45) is 5.41. The molecule has 1 aromatic heterocycles. The van der Waals surface area contributed by atoms with E-state index in [9.17, 15) is 13.2 Å². The molecule has 1 saturated heterocycles. The number of hydrogen-bond donors (Lipinski definition) is 1. The van der Waals surface area contributed by atoms with Gasteiger partial charge in [0.25, 0.3) is 5.91 Å². The molecular weight excluding hydrogens is 350 g/mol. The second-order valence-electron chi connectivity index (χ2n) is 6.67. The molecule has 1 aliphatic rings. The summed E-state index contributed by atoms with van der Waals surface area (Å²) in [7, 11) is -3.08. The van der Waals surface area contributed by atoms with Gasteiger partial charge in [0, 0.05) is 37.7 Å². The molecule has 3 rings (SSSR count). The molecule has 7 heteroatoms. The van der Waals surface area contributed by atoms with E-state index in [4.69, 9.17) is 0 Å². The number of amides is 1. The number of sulfone groups is 1. The number of carbonyl (C=O) groups is 1. The van der Waals surface area contributed by atoms with Gasteiger partial charge in [-0.15, -0.1) is 0 Å². The summed E-state index contributed by atoms with van der Waals surface area (Å²) in [5.74, 6) is 0.766. The Balaban J connectivity index is 1.54. The summed E-state index contributed by atoms with van der Waals surface area (Å²) >= 11 is 0. The van der Waals surface area contributed by atoms with Gasteiger partial charge in [0.1, 0.15) is 5.82 Å². The van der Waals surface area contributed by atoms with Gasteiger partial charge >= 0.3 is 0 Å².